The third-order valence-electron chi connectivity index (χ3n) is 5.20. The molecular weight excluding hydrogens is 256 g/mol. The zero-order valence-electron chi connectivity index (χ0n) is 13.9. The summed E-state index contributed by atoms with van der Waals surface area (Å²) in [5.41, 5.74) is 8.93. The quantitative estimate of drug-likeness (QED) is 0.801. The lowest BCUT2D eigenvalue weighted by Crippen LogP contribution is -2.35. The van der Waals surface area contributed by atoms with Crippen molar-refractivity contribution in [3.63, 3.8) is 0 Å². The second kappa shape index (κ2) is 8.53. The van der Waals surface area contributed by atoms with Crippen LogP contribution in [0, 0.1) is 11.8 Å². The summed E-state index contributed by atoms with van der Waals surface area (Å²) in [5.74, 6) is 1.67. The zero-order valence-corrected chi connectivity index (χ0v) is 13.9. The fourth-order valence-corrected chi connectivity index (χ4v) is 3.59. The van der Waals surface area contributed by atoms with Crippen molar-refractivity contribution in [1.82, 2.24) is 4.98 Å². The van der Waals surface area contributed by atoms with Crippen LogP contribution >= 0.6 is 0 Å². The highest BCUT2D eigenvalue weighted by Crippen LogP contribution is 2.33. The molecule has 0 aromatic carbocycles. The summed E-state index contributed by atoms with van der Waals surface area (Å²) in [7, 11) is 0. The molecule has 0 radical (unpaired) electrons. The smallest absolute Gasteiger partial charge is 0.0419 e. The Morgan fingerprint density at radius 1 is 1.19 bits per heavy atom. The lowest BCUT2D eigenvalue weighted by Gasteiger charge is -2.32. The molecule has 1 fully saturated rings. The Balaban J connectivity index is 1.77. The van der Waals surface area contributed by atoms with Gasteiger partial charge in [-0.1, -0.05) is 52.0 Å². The molecule has 0 saturated heterocycles. The van der Waals surface area contributed by atoms with Gasteiger partial charge in [-0.15, -0.1) is 0 Å². The monoisotopic (exact) mass is 288 g/mol. The Bertz CT molecular complexity index is 391. The number of hydrogen-bond acceptors (Lipinski definition) is 2. The molecule has 0 bridgehead atoms. The number of aromatic nitrogens is 1. The van der Waals surface area contributed by atoms with Gasteiger partial charge in [-0.25, -0.2) is 0 Å². The van der Waals surface area contributed by atoms with Crippen molar-refractivity contribution in [2.24, 2.45) is 17.6 Å². The summed E-state index contributed by atoms with van der Waals surface area (Å²) in [5, 5.41) is 0. The first-order chi connectivity index (χ1) is 10.2. The van der Waals surface area contributed by atoms with Gasteiger partial charge in [-0.05, 0) is 42.7 Å². The first-order valence-electron chi connectivity index (χ1n) is 8.92. The minimum Gasteiger partial charge on any atom is -0.327 e. The Labute approximate surface area is 130 Å². The molecule has 2 rings (SSSR count). The number of nitrogens with zero attached hydrogens (tertiary/aromatic N) is 1. The van der Waals surface area contributed by atoms with E-state index in [0.29, 0.717) is 5.92 Å². The molecule has 1 aliphatic rings. The zero-order chi connectivity index (χ0) is 15.1. The predicted molar refractivity (Wildman–Crippen MR) is 90.3 cm³/mol. The van der Waals surface area contributed by atoms with Crippen molar-refractivity contribution >= 4 is 0 Å². The molecule has 1 saturated carbocycles. The normalized spacial score (nSPS) is 24.0. The molecule has 1 aromatic heterocycles. The van der Waals surface area contributed by atoms with Crippen LogP contribution in [0.1, 0.15) is 70.1 Å². The molecule has 1 unspecified atom stereocenters. The highest BCUT2D eigenvalue weighted by Gasteiger charge is 2.25. The standard InChI is InChI=1S/C19H32N2/c1-3-5-6-16-7-10-17(11-8-16)19(20)13-18-12-9-15(4-2)14-21-18/h9,12,14,16-17,19H,3-8,10-11,13,20H2,1-2H3. The molecule has 21 heavy (non-hydrogen) atoms. The molecule has 2 nitrogen and oxygen atoms in total. The van der Waals surface area contributed by atoms with Gasteiger partial charge in [-0.3, -0.25) is 4.98 Å². The average molecular weight is 288 g/mol. The van der Waals surface area contributed by atoms with E-state index in [4.69, 9.17) is 5.73 Å². The van der Waals surface area contributed by atoms with Crippen molar-refractivity contribution < 1.29 is 0 Å². The van der Waals surface area contributed by atoms with E-state index in [0.717, 1.165) is 24.5 Å². The van der Waals surface area contributed by atoms with Crippen LogP contribution < -0.4 is 5.73 Å². The van der Waals surface area contributed by atoms with Crippen LogP contribution in [0.2, 0.25) is 0 Å². The van der Waals surface area contributed by atoms with Gasteiger partial charge in [-0.2, -0.15) is 0 Å². The number of hydrogen-bond donors (Lipinski definition) is 1. The number of aryl methyl sites for hydroxylation is 1. The largest absolute Gasteiger partial charge is 0.327 e. The van der Waals surface area contributed by atoms with Gasteiger partial charge in [0.05, 0.1) is 0 Å². The summed E-state index contributed by atoms with van der Waals surface area (Å²) in [6.07, 6.45) is 13.6. The summed E-state index contributed by atoms with van der Waals surface area (Å²) in [6, 6.07) is 4.64. The van der Waals surface area contributed by atoms with E-state index in [1.54, 1.807) is 0 Å². The van der Waals surface area contributed by atoms with Gasteiger partial charge in [0.1, 0.15) is 0 Å². The van der Waals surface area contributed by atoms with Gasteiger partial charge in [0.15, 0.2) is 0 Å². The average Bonchev–Trinajstić information content (AvgIpc) is 2.54. The summed E-state index contributed by atoms with van der Waals surface area (Å²) < 4.78 is 0. The Morgan fingerprint density at radius 2 is 1.95 bits per heavy atom. The van der Waals surface area contributed by atoms with Gasteiger partial charge in [0, 0.05) is 24.4 Å². The van der Waals surface area contributed by atoms with Crippen LogP contribution in [-0.2, 0) is 12.8 Å². The van der Waals surface area contributed by atoms with Crippen molar-refractivity contribution in [3.8, 4) is 0 Å². The maximum absolute atomic E-state index is 6.46. The van der Waals surface area contributed by atoms with Gasteiger partial charge >= 0.3 is 0 Å². The summed E-state index contributed by atoms with van der Waals surface area (Å²) in [4.78, 5) is 4.56. The van der Waals surface area contributed by atoms with Crippen molar-refractivity contribution in [2.75, 3.05) is 0 Å². The fraction of sp³-hybridized carbons (Fsp3) is 0.737. The Kier molecular flexibility index (Phi) is 6.69. The van der Waals surface area contributed by atoms with Crippen molar-refractivity contribution in [2.45, 2.75) is 77.7 Å². The number of nitrogens with two attached hydrogens (primary N) is 1. The second-order valence-electron chi connectivity index (χ2n) is 6.80. The van der Waals surface area contributed by atoms with E-state index in [-0.39, 0.29) is 6.04 Å². The highest BCUT2D eigenvalue weighted by atomic mass is 14.7. The third kappa shape index (κ3) is 5.10. The maximum atomic E-state index is 6.46. The van der Waals surface area contributed by atoms with E-state index in [2.05, 4.69) is 31.0 Å². The van der Waals surface area contributed by atoms with Crippen LogP contribution in [0.25, 0.3) is 0 Å². The molecule has 118 valence electrons. The molecule has 1 heterocycles. The molecule has 0 amide bonds. The first-order valence-corrected chi connectivity index (χ1v) is 8.92. The lowest BCUT2D eigenvalue weighted by atomic mass is 9.76. The first kappa shape index (κ1) is 16.5. The molecule has 1 aliphatic carbocycles. The second-order valence-corrected chi connectivity index (χ2v) is 6.80. The summed E-state index contributed by atoms with van der Waals surface area (Å²) in [6.45, 7) is 4.46. The molecule has 2 heteroatoms. The molecule has 1 atom stereocenters. The van der Waals surface area contributed by atoms with Crippen molar-refractivity contribution in [3.05, 3.63) is 29.6 Å². The molecule has 0 spiro atoms. The van der Waals surface area contributed by atoms with E-state index in [9.17, 15) is 0 Å². The predicted octanol–water partition coefficient (Wildman–Crippen LogP) is 4.51. The molecule has 0 aliphatic heterocycles. The molecular formula is C19H32N2. The fourth-order valence-electron chi connectivity index (χ4n) is 3.59. The van der Waals surface area contributed by atoms with Crippen LogP contribution in [0.15, 0.2) is 18.3 Å². The molecule has 2 N–H and O–H groups in total. The lowest BCUT2D eigenvalue weighted by molar-refractivity contribution is 0.230. The van der Waals surface area contributed by atoms with Gasteiger partial charge in [0.25, 0.3) is 0 Å². The maximum Gasteiger partial charge on any atom is 0.0419 e. The minimum absolute atomic E-state index is 0.289. The van der Waals surface area contributed by atoms with E-state index >= 15 is 0 Å². The third-order valence-corrected chi connectivity index (χ3v) is 5.20. The summed E-state index contributed by atoms with van der Waals surface area (Å²) >= 11 is 0. The topological polar surface area (TPSA) is 38.9 Å². The van der Waals surface area contributed by atoms with Crippen LogP contribution in [0.5, 0.6) is 0 Å². The van der Waals surface area contributed by atoms with Crippen LogP contribution in [0.4, 0.5) is 0 Å². The van der Waals surface area contributed by atoms with Crippen molar-refractivity contribution in [1.29, 1.82) is 0 Å². The molecule has 1 aromatic rings. The minimum atomic E-state index is 0.289. The van der Waals surface area contributed by atoms with E-state index in [1.807, 2.05) is 6.20 Å². The number of rotatable bonds is 7. The highest BCUT2D eigenvalue weighted by molar-refractivity contribution is 5.14. The van der Waals surface area contributed by atoms with E-state index in [1.165, 1.54) is 50.5 Å². The van der Waals surface area contributed by atoms with E-state index < -0.39 is 0 Å². The number of unbranched alkanes of at least 4 members (excludes halogenated alkanes) is 1. The Hall–Kier alpha value is -0.890. The van der Waals surface area contributed by atoms with Crippen LogP contribution in [-0.4, -0.2) is 11.0 Å². The number of pyridine rings is 1. The van der Waals surface area contributed by atoms with Gasteiger partial charge < -0.3 is 5.73 Å². The SMILES string of the molecule is CCCCC1CCC(C(N)Cc2ccc(CC)cn2)CC1. The van der Waals surface area contributed by atoms with Crippen LogP contribution in [0.3, 0.4) is 0 Å². The Morgan fingerprint density at radius 3 is 2.52 bits per heavy atom. The van der Waals surface area contributed by atoms with Gasteiger partial charge in [0.2, 0.25) is 0 Å².